The van der Waals surface area contributed by atoms with E-state index in [0.717, 1.165) is 0 Å². The minimum absolute atomic E-state index is 0. The average Bonchev–Trinajstić information content (AvgIpc) is 3.58. The topological polar surface area (TPSA) is 374 Å². The third kappa shape index (κ3) is 26.9. The summed E-state index contributed by atoms with van der Waals surface area (Å²) < 4.78 is 0. The molecule has 2 rings (SSSR count). The molecule has 2 aliphatic rings. The first-order valence-electron chi connectivity index (χ1n) is 13.5. The van der Waals surface area contributed by atoms with Gasteiger partial charge in [-0.15, -0.1) is 0 Å². The fraction of sp³-hybridized carbons (Fsp3) is 0.741. The van der Waals surface area contributed by atoms with Crippen LogP contribution in [0.1, 0.15) is 73.6 Å². The zero-order valence-electron chi connectivity index (χ0n) is 25.5. The standard InChI is InChI=1S/C6H12N3O2.2C6H12N2O3.C6H10N2O2.3CH4.H2O/c1-8-5(10)4-2-3-6(7,11)9-4;2*1-8-6(11)4(7)2-3-5(9)10;1-7-6(10)4-2-3-5(9)8-4;;;;/h4,9H,2-3,7H2,1H3,(H,8,10);2*4H,2-3,7H2,1H3,(H,8,11)(H,9,10);4H,2-3H2,1H3,(H,7,10)(H,8,9);3*1H4;1H2/q-1;;;;;;;/p+1. The Hall–Kier alpha value is -3.95. The van der Waals surface area contributed by atoms with Crippen molar-refractivity contribution in [2.75, 3.05) is 28.2 Å². The zero-order valence-corrected chi connectivity index (χ0v) is 25.5. The van der Waals surface area contributed by atoms with Gasteiger partial charge in [0.1, 0.15) is 6.04 Å². The van der Waals surface area contributed by atoms with Gasteiger partial charge in [-0.25, -0.2) is 0 Å². The molecule has 47 heavy (non-hydrogen) atoms. The summed E-state index contributed by atoms with van der Waals surface area (Å²) in [5.41, 5.74) is 14.0. The van der Waals surface area contributed by atoms with Gasteiger partial charge in [-0.3, -0.25) is 34.5 Å². The highest BCUT2D eigenvalue weighted by atomic mass is 16.4. The number of nitrogens with one attached hydrogen (secondary N) is 5. The second kappa shape index (κ2) is 29.5. The molecule has 0 bridgehead atoms. The summed E-state index contributed by atoms with van der Waals surface area (Å²) in [4.78, 5) is 73.8. The first-order valence-corrected chi connectivity index (χ1v) is 13.5. The number of nitrogens with two attached hydrogens (primary N) is 3. The predicted molar refractivity (Wildman–Crippen MR) is 169 cm³/mol. The van der Waals surface area contributed by atoms with E-state index in [1.54, 1.807) is 14.1 Å². The van der Waals surface area contributed by atoms with Crippen LogP contribution in [0.5, 0.6) is 0 Å². The van der Waals surface area contributed by atoms with Crippen molar-refractivity contribution in [3.05, 3.63) is 0 Å². The number of carboxylic acid groups (broad SMARTS) is 2. The van der Waals surface area contributed by atoms with E-state index in [9.17, 15) is 43.8 Å². The molecule has 20 heteroatoms. The van der Waals surface area contributed by atoms with Crippen LogP contribution in [0.15, 0.2) is 0 Å². The molecule has 0 aliphatic carbocycles. The Bertz CT molecular complexity index is 917. The molecule has 0 aromatic rings. The summed E-state index contributed by atoms with van der Waals surface area (Å²) in [6, 6.07) is -1.80. The highest BCUT2D eigenvalue weighted by Crippen LogP contribution is 2.06. The molecular weight excluding hydrogens is 626 g/mol. The number of carboxylic acids is 2. The first kappa shape index (κ1) is 55.5. The monoisotopic (exact) mass is 687 g/mol. The van der Waals surface area contributed by atoms with Gasteiger partial charge in [-0.1, -0.05) is 22.3 Å². The largest absolute Gasteiger partial charge is 0.791 e. The van der Waals surface area contributed by atoms with Crippen molar-refractivity contribution in [1.29, 1.82) is 0 Å². The van der Waals surface area contributed by atoms with Gasteiger partial charge >= 0.3 is 5.97 Å². The quantitative estimate of drug-likeness (QED) is 0.0957. The normalized spacial score (nSPS) is 19.5. The molecule has 2 heterocycles. The zero-order chi connectivity index (χ0) is 33.8. The van der Waals surface area contributed by atoms with E-state index in [2.05, 4.69) is 32.3 Å². The van der Waals surface area contributed by atoms with Crippen molar-refractivity contribution < 1.29 is 65.4 Å². The molecule has 17 N–H and O–H groups in total. The molecule has 5 amide bonds. The summed E-state index contributed by atoms with van der Waals surface area (Å²) in [6.45, 7) is 0. The van der Waals surface area contributed by atoms with Gasteiger partial charge in [0.25, 0.3) is 11.8 Å². The van der Waals surface area contributed by atoms with E-state index in [1.807, 2.05) is 0 Å². The molecule has 5 atom stereocenters. The maximum Gasteiger partial charge on any atom is 0.303 e. The van der Waals surface area contributed by atoms with Gasteiger partial charge in [-0.2, -0.15) is 0 Å². The highest BCUT2D eigenvalue weighted by Gasteiger charge is 2.34. The van der Waals surface area contributed by atoms with Crippen molar-refractivity contribution in [3.8, 4) is 0 Å². The van der Waals surface area contributed by atoms with Crippen LogP contribution >= 0.6 is 0 Å². The van der Waals surface area contributed by atoms with E-state index in [4.69, 9.17) is 16.6 Å². The number of hydrogen-bond acceptors (Lipinski definition) is 11. The summed E-state index contributed by atoms with van der Waals surface area (Å²) in [5.74, 6) is -4.41. The molecular formula is C27H61N9O11. The lowest BCUT2D eigenvalue weighted by Gasteiger charge is -2.26. The lowest BCUT2D eigenvalue weighted by atomic mass is 10.1. The molecule has 280 valence electrons. The smallest absolute Gasteiger partial charge is 0.303 e. The number of likely N-dealkylation sites (N-methyl/N-ethyl adjacent to an activating group) is 4. The van der Waals surface area contributed by atoms with E-state index >= 15 is 0 Å². The molecule has 5 unspecified atom stereocenters. The van der Waals surface area contributed by atoms with Gasteiger partial charge in [0, 0.05) is 66.3 Å². The summed E-state index contributed by atoms with van der Waals surface area (Å²) in [5, 5.41) is 42.8. The summed E-state index contributed by atoms with van der Waals surface area (Å²) >= 11 is 0. The predicted octanol–water partition coefficient (Wildman–Crippen LogP) is -7.68. The molecule has 0 radical (unpaired) electrons. The Morgan fingerprint density at radius 1 is 0.957 bits per heavy atom. The van der Waals surface area contributed by atoms with Gasteiger partial charge in [0.05, 0.1) is 11.9 Å². The fourth-order valence-corrected chi connectivity index (χ4v) is 3.49. The Labute approximate surface area is 277 Å². The number of rotatable bonds is 10. The maximum absolute atomic E-state index is 11.1. The molecule has 0 aromatic carbocycles. The molecule has 2 fully saturated rings. The van der Waals surface area contributed by atoms with Crippen molar-refractivity contribution >= 4 is 41.5 Å². The molecule has 20 nitrogen and oxygen atoms in total. The van der Waals surface area contributed by atoms with Crippen LogP contribution in [0.3, 0.4) is 0 Å². The second-order valence-electron chi connectivity index (χ2n) is 9.53. The summed E-state index contributed by atoms with van der Waals surface area (Å²) in [6.07, 6.45) is 2.22. The van der Waals surface area contributed by atoms with Gasteiger partial charge in [0.2, 0.25) is 17.7 Å². The Balaban J connectivity index is -0.000000116. The molecule has 2 aliphatic heterocycles. The van der Waals surface area contributed by atoms with E-state index in [-0.39, 0.29) is 95.1 Å². The van der Waals surface area contributed by atoms with Crippen molar-refractivity contribution in [2.45, 2.75) is 104 Å². The number of carbonyl (C=O) groups excluding carboxylic acids is 6. The van der Waals surface area contributed by atoms with Crippen molar-refractivity contribution in [2.24, 2.45) is 11.5 Å². The Morgan fingerprint density at radius 3 is 1.81 bits per heavy atom. The van der Waals surface area contributed by atoms with Gasteiger partial charge in [-0.05, 0) is 19.3 Å². The lowest BCUT2D eigenvalue weighted by Crippen LogP contribution is -3.05. The minimum Gasteiger partial charge on any atom is -0.791 e. The number of hydrogen-bond donors (Lipinski definition) is 10. The van der Waals surface area contributed by atoms with Crippen molar-refractivity contribution in [3.63, 3.8) is 0 Å². The average molecular weight is 688 g/mol. The Kier molecular flexibility index (Phi) is 34.7. The van der Waals surface area contributed by atoms with Gasteiger partial charge < -0.3 is 69.0 Å². The highest BCUT2D eigenvalue weighted by molar-refractivity contribution is 5.90. The van der Waals surface area contributed by atoms with Crippen LogP contribution < -0.4 is 59.3 Å². The van der Waals surface area contributed by atoms with Crippen LogP contribution in [0.4, 0.5) is 0 Å². The number of amides is 5. The number of quaternary nitrogens is 2. The third-order valence-corrected chi connectivity index (χ3v) is 6.04. The first-order chi connectivity index (χ1) is 19.9. The van der Waals surface area contributed by atoms with E-state index < -0.39 is 29.9 Å². The molecule has 0 spiro atoms. The van der Waals surface area contributed by atoms with Crippen LogP contribution in [0.2, 0.25) is 0 Å². The maximum atomic E-state index is 11.1. The minimum atomic E-state index is -1.49. The van der Waals surface area contributed by atoms with Crippen LogP contribution in [-0.2, 0) is 33.6 Å². The van der Waals surface area contributed by atoms with Gasteiger partial charge in [0.15, 0.2) is 12.1 Å². The molecule has 2 saturated heterocycles. The van der Waals surface area contributed by atoms with Crippen LogP contribution in [0.25, 0.3) is 0 Å². The number of aliphatic carboxylic acids is 2. The fourth-order valence-electron chi connectivity index (χ4n) is 3.49. The van der Waals surface area contributed by atoms with Crippen LogP contribution in [0, 0.1) is 0 Å². The van der Waals surface area contributed by atoms with Crippen LogP contribution in [-0.4, -0.2) is 110 Å². The van der Waals surface area contributed by atoms with E-state index in [1.165, 1.54) is 19.4 Å². The van der Waals surface area contributed by atoms with E-state index in [0.29, 0.717) is 25.7 Å². The SMILES string of the molecule is C.C.C.CNC(=O)C(N)CCC(=O)O.CNC(=O)C([NH3+])CCC(=O)[O-].CNC(=O)C1CCC(=O)N1.CNC(=O)C1CCC(N)([O-])[NH2+]1.O. The Morgan fingerprint density at radius 2 is 1.47 bits per heavy atom. The summed E-state index contributed by atoms with van der Waals surface area (Å²) in [7, 11) is 6.06. The lowest BCUT2D eigenvalue weighted by molar-refractivity contribution is -0.855. The third-order valence-electron chi connectivity index (χ3n) is 6.04. The molecule has 0 saturated carbocycles. The van der Waals surface area contributed by atoms with Crippen molar-refractivity contribution in [1.82, 2.24) is 26.6 Å². The molecule has 0 aromatic heterocycles. The number of carbonyl (C=O) groups is 7. The second-order valence-corrected chi connectivity index (χ2v) is 9.53.